The van der Waals surface area contributed by atoms with Gasteiger partial charge in [-0.1, -0.05) is 0 Å². The van der Waals surface area contributed by atoms with Gasteiger partial charge >= 0.3 is 0 Å². The summed E-state index contributed by atoms with van der Waals surface area (Å²) in [6, 6.07) is 0. The summed E-state index contributed by atoms with van der Waals surface area (Å²) in [4.78, 5) is 0. The summed E-state index contributed by atoms with van der Waals surface area (Å²) in [6.45, 7) is 0. The Kier molecular flexibility index (Phi) is 2.31. The van der Waals surface area contributed by atoms with Gasteiger partial charge in [0.1, 0.15) is 0 Å². The van der Waals surface area contributed by atoms with Crippen molar-refractivity contribution >= 4 is 15.7 Å². The maximum Gasteiger partial charge on any atom is 0.261 e. The lowest BCUT2D eigenvalue weighted by Gasteiger charge is -2.11. The zero-order valence-electron chi connectivity index (χ0n) is 7.72. The Bertz CT molecular complexity index is 387. The van der Waals surface area contributed by atoms with Gasteiger partial charge in [-0.3, -0.25) is 4.68 Å². The minimum absolute atomic E-state index is 0.0255. The summed E-state index contributed by atoms with van der Waals surface area (Å²) in [5.41, 5.74) is 5.64. The van der Waals surface area contributed by atoms with Gasteiger partial charge in [0.25, 0.3) is 10.0 Å². The summed E-state index contributed by atoms with van der Waals surface area (Å²) < 4.78 is 25.6. The molecule has 1 aromatic heterocycles. The first-order valence-corrected chi connectivity index (χ1v) is 5.01. The summed E-state index contributed by atoms with van der Waals surface area (Å²) in [7, 11) is 0.941. The van der Waals surface area contributed by atoms with Gasteiger partial charge in [-0.25, -0.2) is 12.7 Å². The lowest BCUT2D eigenvalue weighted by Crippen LogP contribution is -2.25. The molecule has 0 aliphatic rings. The molecule has 7 heteroatoms. The topological polar surface area (TPSA) is 81.2 Å². The molecule has 0 fully saturated rings. The van der Waals surface area contributed by atoms with E-state index in [1.807, 2.05) is 0 Å². The number of rotatable bonds is 2. The fourth-order valence-corrected chi connectivity index (χ4v) is 2.01. The molecule has 0 aliphatic heterocycles. The number of nitrogen functional groups attached to an aromatic ring is 1. The van der Waals surface area contributed by atoms with Crippen molar-refractivity contribution in [3.8, 4) is 0 Å². The minimum Gasteiger partial charge on any atom is -0.395 e. The minimum atomic E-state index is -3.49. The molecule has 74 valence electrons. The number of aryl methyl sites for hydroxylation is 1. The van der Waals surface area contributed by atoms with Crippen LogP contribution in [0.5, 0.6) is 0 Å². The van der Waals surface area contributed by atoms with Crippen molar-refractivity contribution in [2.24, 2.45) is 7.05 Å². The van der Waals surface area contributed by atoms with Crippen molar-refractivity contribution in [3.05, 3.63) is 6.20 Å². The monoisotopic (exact) mass is 204 g/mol. The Hall–Kier alpha value is -1.08. The third-order valence-electron chi connectivity index (χ3n) is 1.64. The molecule has 0 spiro atoms. The van der Waals surface area contributed by atoms with E-state index in [4.69, 9.17) is 5.73 Å². The van der Waals surface area contributed by atoms with Crippen LogP contribution in [-0.4, -0.2) is 36.6 Å². The van der Waals surface area contributed by atoms with Crippen molar-refractivity contribution in [1.29, 1.82) is 0 Å². The fourth-order valence-electron chi connectivity index (χ4n) is 0.932. The highest BCUT2D eigenvalue weighted by Crippen LogP contribution is 2.18. The van der Waals surface area contributed by atoms with Gasteiger partial charge < -0.3 is 5.73 Å². The first-order chi connectivity index (χ1) is 5.87. The highest BCUT2D eigenvalue weighted by Gasteiger charge is 2.24. The number of nitrogens with two attached hydrogens (primary N) is 1. The second-order valence-electron chi connectivity index (χ2n) is 2.82. The third-order valence-corrected chi connectivity index (χ3v) is 3.59. The Morgan fingerprint density at radius 1 is 1.54 bits per heavy atom. The fraction of sp³-hybridized carbons (Fsp3) is 0.500. The Morgan fingerprint density at radius 2 is 2.08 bits per heavy atom. The molecule has 0 bridgehead atoms. The number of sulfonamides is 1. The van der Waals surface area contributed by atoms with Gasteiger partial charge in [0, 0.05) is 21.1 Å². The Morgan fingerprint density at radius 3 is 2.38 bits per heavy atom. The SMILES string of the molecule is CN(C)S(=O)(=O)c1c(N)cnn1C. The summed E-state index contributed by atoms with van der Waals surface area (Å²) in [6.07, 6.45) is 1.32. The van der Waals surface area contributed by atoms with Crippen LogP contribution < -0.4 is 5.73 Å². The van der Waals surface area contributed by atoms with Crippen LogP contribution in [0, 0.1) is 0 Å². The maximum atomic E-state index is 11.6. The number of aromatic nitrogens is 2. The van der Waals surface area contributed by atoms with Gasteiger partial charge in [-0.2, -0.15) is 5.10 Å². The largest absolute Gasteiger partial charge is 0.395 e. The van der Waals surface area contributed by atoms with Gasteiger partial charge in [0.05, 0.1) is 11.9 Å². The molecule has 0 aliphatic carbocycles. The normalized spacial score (nSPS) is 12.3. The second kappa shape index (κ2) is 3.00. The van der Waals surface area contributed by atoms with Crippen LogP contribution in [-0.2, 0) is 17.1 Å². The molecule has 6 nitrogen and oxygen atoms in total. The molecule has 13 heavy (non-hydrogen) atoms. The van der Waals surface area contributed by atoms with E-state index in [0.717, 1.165) is 4.31 Å². The van der Waals surface area contributed by atoms with Gasteiger partial charge in [-0.05, 0) is 0 Å². The van der Waals surface area contributed by atoms with Crippen LogP contribution in [0.1, 0.15) is 0 Å². The molecule has 1 heterocycles. The molecule has 0 radical (unpaired) electrons. The van der Waals surface area contributed by atoms with E-state index >= 15 is 0 Å². The van der Waals surface area contributed by atoms with Gasteiger partial charge in [0.2, 0.25) is 0 Å². The second-order valence-corrected chi connectivity index (χ2v) is 4.88. The summed E-state index contributed by atoms with van der Waals surface area (Å²) >= 11 is 0. The van der Waals surface area contributed by atoms with Crippen LogP contribution in [0.25, 0.3) is 0 Å². The molecule has 0 aromatic carbocycles. The summed E-state index contributed by atoms with van der Waals surface area (Å²) in [5.74, 6) is 0. The molecule has 0 atom stereocenters. The van der Waals surface area contributed by atoms with Crippen molar-refractivity contribution < 1.29 is 8.42 Å². The molecular formula is C6H12N4O2S. The van der Waals surface area contributed by atoms with E-state index in [1.165, 1.54) is 32.0 Å². The number of hydrogen-bond donors (Lipinski definition) is 1. The van der Waals surface area contributed by atoms with E-state index in [9.17, 15) is 8.42 Å². The first kappa shape index (κ1) is 10.0. The van der Waals surface area contributed by atoms with Crippen LogP contribution in [0.4, 0.5) is 5.69 Å². The molecule has 2 N–H and O–H groups in total. The van der Waals surface area contributed by atoms with E-state index < -0.39 is 10.0 Å². The van der Waals surface area contributed by atoms with Crippen LogP contribution in [0.2, 0.25) is 0 Å². The van der Waals surface area contributed by atoms with Crippen molar-refractivity contribution in [2.45, 2.75) is 5.03 Å². The molecule has 0 amide bonds. The van der Waals surface area contributed by atoms with Crippen LogP contribution >= 0.6 is 0 Å². The number of hydrogen-bond acceptors (Lipinski definition) is 4. The summed E-state index contributed by atoms with van der Waals surface area (Å²) in [5, 5.41) is 3.78. The predicted molar refractivity (Wildman–Crippen MR) is 48.5 cm³/mol. The highest BCUT2D eigenvalue weighted by molar-refractivity contribution is 7.89. The van der Waals surface area contributed by atoms with Crippen molar-refractivity contribution in [3.63, 3.8) is 0 Å². The molecule has 0 unspecified atom stereocenters. The third kappa shape index (κ3) is 1.52. The zero-order valence-corrected chi connectivity index (χ0v) is 8.54. The van der Waals surface area contributed by atoms with E-state index in [-0.39, 0.29) is 10.7 Å². The van der Waals surface area contributed by atoms with Gasteiger partial charge in [-0.15, -0.1) is 0 Å². The standard InChI is InChI=1S/C6H12N4O2S/c1-9(2)13(11,12)6-5(7)4-8-10(6)3/h4H,7H2,1-3H3. The quantitative estimate of drug-likeness (QED) is 0.687. The Balaban J connectivity index is 3.38. The molecule has 1 rings (SSSR count). The Labute approximate surface area is 77.0 Å². The zero-order chi connectivity index (χ0) is 10.2. The van der Waals surface area contributed by atoms with E-state index in [1.54, 1.807) is 0 Å². The smallest absolute Gasteiger partial charge is 0.261 e. The van der Waals surface area contributed by atoms with E-state index in [0.29, 0.717) is 0 Å². The lowest BCUT2D eigenvalue weighted by atomic mass is 10.6. The molecular weight excluding hydrogens is 192 g/mol. The number of nitrogens with zero attached hydrogens (tertiary/aromatic N) is 3. The van der Waals surface area contributed by atoms with Crippen molar-refractivity contribution in [1.82, 2.24) is 14.1 Å². The molecule has 0 saturated carbocycles. The highest BCUT2D eigenvalue weighted by atomic mass is 32.2. The first-order valence-electron chi connectivity index (χ1n) is 3.57. The number of anilines is 1. The predicted octanol–water partition coefficient (Wildman–Crippen LogP) is -0.747. The lowest BCUT2D eigenvalue weighted by molar-refractivity contribution is 0.507. The average Bonchev–Trinajstić information content (AvgIpc) is 2.30. The van der Waals surface area contributed by atoms with Crippen molar-refractivity contribution in [2.75, 3.05) is 19.8 Å². The van der Waals surface area contributed by atoms with Gasteiger partial charge in [0.15, 0.2) is 5.03 Å². The maximum absolute atomic E-state index is 11.6. The van der Waals surface area contributed by atoms with E-state index in [2.05, 4.69) is 5.10 Å². The average molecular weight is 204 g/mol. The molecule has 1 aromatic rings. The molecule has 0 saturated heterocycles. The van der Waals surface area contributed by atoms with Crippen LogP contribution in [0.15, 0.2) is 11.2 Å². The van der Waals surface area contributed by atoms with Crippen LogP contribution in [0.3, 0.4) is 0 Å².